The lowest BCUT2D eigenvalue weighted by atomic mass is 9.92. The van der Waals surface area contributed by atoms with Gasteiger partial charge in [-0.2, -0.15) is 0 Å². The molecule has 1 heterocycles. The van der Waals surface area contributed by atoms with E-state index in [1.807, 2.05) is 4.90 Å². The van der Waals surface area contributed by atoms with Gasteiger partial charge in [-0.1, -0.05) is 26.0 Å². The molecule has 1 saturated heterocycles. The number of piperidine rings is 1. The second kappa shape index (κ2) is 6.42. The van der Waals surface area contributed by atoms with E-state index in [9.17, 15) is 9.18 Å². The summed E-state index contributed by atoms with van der Waals surface area (Å²) in [5.41, 5.74) is 0. The number of carbonyl (C=O) groups excluding carboxylic acids is 1. The van der Waals surface area contributed by atoms with Gasteiger partial charge in [0.2, 0.25) is 5.91 Å². The first-order valence-electron chi connectivity index (χ1n) is 6.71. The molecule has 2 unspecified atom stereocenters. The standard InChI is InChI=1S/C15H20FNOS/c1-11-7-12(2)9-17(8-11)15(18)10-19-14-6-4-3-5-13(14)16/h3-6,11-12H,7-10H2,1-2H3. The van der Waals surface area contributed by atoms with Crippen LogP contribution in [0, 0.1) is 17.7 Å². The van der Waals surface area contributed by atoms with E-state index in [2.05, 4.69) is 13.8 Å². The second-order valence-electron chi connectivity index (χ2n) is 5.46. The van der Waals surface area contributed by atoms with Crippen molar-refractivity contribution in [1.82, 2.24) is 4.90 Å². The van der Waals surface area contributed by atoms with Crippen LogP contribution in [-0.4, -0.2) is 29.6 Å². The van der Waals surface area contributed by atoms with Crippen LogP contribution in [0.15, 0.2) is 29.2 Å². The summed E-state index contributed by atoms with van der Waals surface area (Å²) in [7, 11) is 0. The van der Waals surface area contributed by atoms with Gasteiger partial charge in [0.05, 0.1) is 5.75 Å². The summed E-state index contributed by atoms with van der Waals surface area (Å²) in [6, 6.07) is 6.60. The zero-order valence-electron chi connectivity index (χ0n) is 11.4. The SMILES string of the molecule is CC1CC(C)CN(C(=O)CSc2ccccc2F)C1. The van der Waals surface area contributed by atoms with Gasteiger partial charge in [0, 0.05) is 18.0 Å². The number of benzene rings is 1. The monoisotopic (exact) mass is 281 g/mol. The molecule has 1 fully saturated rings. The third-order valence-corrected chi connectivity index (χ3v) is 4.44. The topological polar surface area (TPSA) is 20.3 Å². The highest BCUT2D eigenvalue weighted by Crippen LogP contribution is 2.24. The van der Waals surface area contributed by atoms with Crippen molar-refractivity contribution >= 4 is 17.7 Å². The van der Waals surface area contributed by atoms with Crippen molar-refractivity contribution in [3.05, 3.63) is 30.1 Å². The molecule has 1 aliphatic heterocycles. The van der Waals surface area contributed by atoms with Crippen LogP contribution in [0.5, 0.6) is 0 Å². The Hall–Kier alpha value is -1.03. The van der Waals surface area contributed by atoms with E-state index in [-0.39, 0.29) is 11.7 Å². The zero-order chi connectivity index (χ0) is 13.8. The van der Waals surface area contributed by atoms with Crippen LogP contribution in [0.25, 0.3) is 0 Å². The molecule has 1 aliphatic rings. The number of thioether (sulfide) groups is 1. The summed E-state index contributed by atoms with van der Waals surface area (Å²) >= 11 is 1.29. The number of carbonyl (C=O) groups is 1. The molecule has 0 bridgehead atoms. The van der Waals surface area contributed by atoms with Gasteiger partial charge in [-0.05, 0) is 30.4 Å². The van der Waals surface area contributed by atoms with Crippen LogP contribution in [0.1, 0.15) is 20.3 Å². The van der Waals surface area contributed by atoms with Crippen molar-refractivity contribution in [2.45, 2.75) is 25.2 Å². The molecule has 0 N–H and O–H groups in total. The molecule has 0 radical (unpaired) electrons. The van der Waals surface area contributed by atoms with Crippen LogP contribution in [0.3, 0.4) is 0 Å². The third-order valence-electron chi connectivity index (χ3n) is 3.41. The molecule has 0 aliphatic carbocycles. The normalized spacial score (nSPS) is 23.4. The van der Waals surface area contributed by atoms with E-state index in [1.165, 1.54) is 24.2 Å². The Bertz CT molecular complexity index is 442. The van der Waals surface area contributed by atoms with Gasteiger partial charge >= 0.3 is 0 Å². The molecule has 2 rings (SSSR count). The quantitative estimate of drug-likeness (QED) is 0.791. The third kappa shape index (κ3) is 3.96. The van der Waals surface area contributed by atoms with Gasteiger partial charge in [0.15, 0.2) is 0 Å². The molecule has 1 amide bonds. The lowest BCUT2D eigenvalue weighted by Crippen LogP contribution is -2.43. The molecule has 1 aromatic carbocycles. The minimum absolute atomic E-state index is 0.117. The van der Waals surface area contributed by atoms with E-state index in [4.69, 9.17) is 0 Å². The number of hydrogen-bond acceptors (Lipinski definition) is 2. The zero-order valence-corrected chi connectivity index (χ0v) is 12.3. The highest BCUT2D eigenvalue weighted by molar-refractivity contribution is 8.00. The molecule has 2 atom stereocenters. The van der Waals surface area contributed by atoms with E-state index in [1.54, 1.807) is 18.2 Å². The summed E-state index contributed by atoms with van der Waals surface area (Å²) < 4.78 is 13.5. The largest absolute Gasteiger partial charge is 0.341 e. The number of likely N-dealkylation sites (tertiary alicyclic amines) is 1. The Balaban J connectivity index is 1.89. The van der Waals surface area contributed by atoms with Crippen molar-refractivity contribution < 1.29 is 9.18 Å². The molecule has 4 heteroatoms. The maximum absolute atomic E-state index is 13.5. The van der Waals surface area contributed by atoms with E-state index in [0.717, 1.165) is 13.1 Å². The summed E-state index contributed by atoms with van der Waals surface area (Å²) in [5, 5.41) is 0. The maximum Gasteiger partial charge on any atom is 0.232 e. The second-order valence-corrected chi connectivity index (χ2v) is 6.48. The van der Waals surface area contributed by atoms with Gasteiger partial charge in [-0.3, -0.25) is 4.79 Å². The fourth-order valence-corrected chi connectivity index (χ4v) is 3.50. The van der Waals surface area contributed by atoms with Crippen LogP contribution >= 0.6 is 11.8 Å². The van der Waals surface area contributed by atoms with Crippen molar-refractivity contribution in [2.24, 2.45) is 11.8 Å². The molecular weight excluding hydrogens is 261 g/mol. The minimum atomic E-state index is -0.249. The van der Waals surface area contributed by atoms with Crippen LogP contribution < -0.4 is 0 Å². The van der Waals surface area contributed by atoms with Gasteiger partial charge in [0.1, 0.15) is 5.82 Å². The van der Waals surface area contributed by atoms with Gasteiger partial charge in [0.25, 0.3) is 0 Å². The van der Waals surface area contributed by atoms with Crippen molar-refractivity contribution in [1.29, 1.82) is 0 Å². The van der Waals surface area contributed by atoms with Crippen molar-refractivity contribution in [3.63, 3.8) is 0 Å². The number of halogens is 1. The Labute approximate surface area is 118 Å². The molecule has 1 aromatic rings. The van der Waals surface area contributed by atoms with Gasteiger partial charge < -0.3 is 4.90 Å². The van der Waals surface area contributed by atoms with Gasteiger partial charge in [-0.15, -0.1) is 11.8 Å². The number of hydrogen-bond donors (Lipinski definition) is 0. The Morgan fingerprint density at radius 2 is 1.95 bits per heavy atom. The van der Waals surface area contributed by atoms with E-state index >= 15 is 0 Å². The lowest BCUT2D eigenvalue weighted by molar-refractivity contribution is -0.130. The van der Waals surface area contributed by atoms with Crippen molar-refractivity contribution in [2.75, 3.05) is 18.8 Å². The molecule has 0 spiro atoms. The predicted octanol–water partition coefficient (Wildman–Crippen LogP) is 3.42. The highest BCUT2D eigenvalue weighted by atomic mass is 32.2. The average molecular weight is 281 g/mol. The van der Waals surface area contributed by atoms with Crippen molar-refractivity contribution in [3.8, 4) is 0 Å². The summed E-state index contributed by atoms with van der Waals surface area (Å²) in [6.45, 7) is 6.03. The molecule has 2 nitrogen and oxygen atoms in total. The molecule has 19 heavy (non-hydrogen) atoms. The summed E-state index contributed by atoms with van der Waals surface area (Å²) in [5.74, 6) is 1.31. The summed E-state index contributed by atoms with van der Waals surface area (Å²) in [6.07, 6.45) is 1.18. The smallest absolute Gasteiger partial charge is 0.232 e. The molecule has 0 saturated carbocycles. The summed E-state index contributed by atoms with van der Waals surface area (Å²) in [4.78, 5) is 14.6. The Kier molecular flexibility index (Phi) is 4.86. The van der Waals surface area contributed by atoms with Crippen LogP contribution in [0.4, 0.5) is 4.39 Å². The number of rotatable bonds is 3. The van der Waals surface area contributed by atoms with Gasteiger partial charge in [-0.25, -0.2) is 4.39 Å². The lowest BCUT2D eigenvalue weighted by Gasteiger charge is -2.35. The fourth-order valence-electron chi connectivity index (χ4n) is 2.66. The molecular formula is C15H20FNOS. The number of nitrogens with zero attached hydrogens (tertiary/aromatic N) is 1. The Morgan fingerprint density at radius 1 is 1.32 bits per heavy atom. The fraction of sp³-hybridized carbons (Fsp3) is 0.533. The highest BCUT2D eigenvalue weighted by Gasteiger charge is 2.25. The average Bonchev–Trinajstić information content (AvgIpc) is 2.36. The van der Waals surface area contributed by atoms with E-state index < -0.39 is 0 Å². The first-order chi connectivity index (χ1) is 9.06. The first kappa shape index (κ1) is 14.4. The first-order valence-corrected chi connectivity index (χ1v) is 7.70. The number of amides is 1. The molecule has 0 aromatic heterocycles. The van der Waals surface area contributed by atoms with Crippen LogP contribution in [-0.2, 0) is 4.79 Å². The maximum atomic E-state index is 13.5. The Morgan fingerprint density at radius 3 is 2.58 bits per heavy atom. The molecule has 104 valence electrons. The van der Waals surface area contributed by atoms with Crippen LogP contribution in [0.2, 0.25) is 0 Å². The minimum Gasteiger partial charge on any atom is -0.341 e. The predicted molar refractivity (Wildman–Crippen MR) is 76.6 cm³/mol. The van der Waals surface area contributed by atoms with E-state index in [0.29, 0.717) is 22.5 Å².